The van der Waals surface area contributed by atoms with Crippen LogP contribution >= 0.6 is 23.1 Å². The van der Waals surface area contributed by atoms with E-state index in [0.717, 1.165) is 20.9 Å². The lowest BCUT2D eigenvalue weighted by atomic mass is 10.2. The summed E-state index contributed by atoms with van der Waals surface area (Å²) >= 11 is 3.24. The number of thiophene rings is 1. The number of aromatic nitrogens is 2. The maximum Gasteiger partial charge on any atom is 0.256 e. The Labute approximate surface area is 130 Å². The van der Waals surface area contributed by atoms with Gasteiger partial charge in [-0.3, -0.25) is 4.79 Å². The van der Waals surface area contributed by atoms with Crippen molar-refractivity contribution in [3.8, 4) is 0 Å². The normalized spacial score (nSPS) is 10.7. The molecule has 2 heterocycles. The first kappa shape index (κ1) is 14.0. The second kappa shape index (κ2) is 6.24. The van der Waals surface area contributed by atoms with E-state index >= 15 is 0 Å². The fraction of sp³-hybridized carbons (Fsp3) is 0.133. The molecule has 2 aromatic heterocycles. The summed E-state index contributed by atoms with van der Waals surface area (Å²) in [6.45, 7) is 2.09. The molecule has 0 aliphatic carbocycles. The third-order valence-corrected chi connectivity index (χ3v) is 4.60. The van der Waals surface area contributed by atoms with Crippen LogP contribution in [-0.4, -0.2) is 21.6 Å². The lowest BCUT2D eigenvalue weighted by Crippen LogP contribution is -2.13. The van der Waals surface area contributed by atoms with Gasteiger partial charge in [0.05, 0.1) is 5.39 Å². The number of carbonyl (C=O) groups excluding carboxylic acids is 1. The number of nitrogens with one attached hydrogen (secondary N) is 1. The number of nitrogens with zero attached hydrogens (tertiary/aromatic N) is 2. The average Bonchev–Trinajstić information content (AvgIpc) is 2.97. The lowest BCUT2D eigenvalue weighted by Gasteiger charge is -2.06. The molecule has 0 fully saturated rings. The van der Waals surface area contributed by atoms with Crippen LogP contribution in [0.3, 0.4) is 0 Å². The number of anilines is 1. The van der Waals surface area contributed by atoms with Gasteiger partial charge in [0.25, 0.3) is 5.91 Å². The Morgan fingerprint density at radius 2 is 2.24 bits per heavy atom. The molecule has 1 N–H and O–H groups in total. The Bertz CT molecular complexity index is 785. The molecule has 0 atom stereocenters. The Hall–Kier alpha value is -1.92. The van der Waals surface area contributed by atoms with Gasteiger partial charge >= 0.3 is 0 Å². The van der Waals surface area contributed by atoms with Crippen LogP contribution in [0.2, 0.25) is 0 Å². The summed E-state index contributed by atoms with van der Waals surface area (Å²) in [6.07, 6.45) is 1.47. The standard InChI is InChI=1S/C15H13N3OS2/c1-2-20-11-5-3-4-10(8-11)14(19)18-13-12-6-7-21-15(12)17-9-16-13/h3-9H,2H2,1H3,(H,16,17,18,19). The molecule has 0 saturated carbocycles. The van der Waals surface area contributed by atoms with Crippen molar-refractivity contribution < 1.29 is 4.79 Å². The molecule has 0 unspecified atom stereocenters. The van der Waals surface area contributed by atoms with Gasteiger partial charge in [-0.25, -0.2) is 9.97 Å². The van der Waals surface area contributed by atoms with Gasteiger partial charge in [0.1, 0.15) is 17.0 Å². The predicted octanol–water partition coefficient (Wildman–Crippen LogP) is 4.06. The molecule has 0 saturated heterocycles. The summed E-state index contributed by atoms with van der Waals surface area (Å²) in [5.41, 5.74) is 0.635. The van der Waals surface area contributed by atoms with Crippen molar-refractivity contribution in [3.63, 3.8) is 0 Å². The number of rotatable bonds is 4. The summed E-state index contributed by atoms with van der Waals surface area (Å²) in [6, 6.07) is 9.52. The van der Waals surface area contributed by atoms with E-state index in [0.29, 0.717) is 11.4 Å². The minimum absolute atomic E-state index is 0.153. The largest absolute Gasteiger partial charge is 0.306 e. The maximum absolute atomic E-state index is 12.4. The molecule has 4 nitrogen and oxygen atoms in total. The SMILES string of the molecule is CCSc1cccc(C(=O)Nc2ncnc3sccc23)c1. The van der Waals surface area contributed by atoms with Gasteiger partial charge in [0.2, 0.25) is 0 Å². The van der Waals surface area contributed by atoms with Crippen molar-refractivity contribution in [1.82, 2.24) is 9.97 Å². The maximum atomic E-state index is 12.4. The number of hydrogen-bond donors (Lipinski definition) is 1. The van der Waals surface area contributed by atoms with E-state index in [-0.39, 0.29) is 5.91 Å². The molecule has 1 aromatic carbocycles. The fourth-order valence-electron chi connectivity index (χ4n) is 1.96. The van der Waals surface area contributed by atoms with Crippen LogP contribution in [-0.2, 0) is 0 Å². The Morgan fingerprint density at radius 1 is 1.33 bits per heavy atom. The molecule has 0 radical (unpaired) electrons. The highest BCUT2D eigenvalue weighted by Crippen LogP contribution is 2.24. The molecule has 3 aromatic rings. The predicted molar refractivity (Wildman–Crippen MR) is 88.2 cm³/mol. The Balaban J connectivity index is 1.86. The van der Waals surface area contributed by atoms with Crippen molar-refractivity contribution in [2.45, 2.75) is 11.8 Å². The Morgan fingerprint density at radius 3 is 3.10 bits per heavy atom. The van der Waals surface area contributed by atoms with Crippen LogP contribution in [0.15, 0.2) is 46.9 Å². The number of fused-ring (bicyclic) bond motifs is 1. The number of benzene rings is 1. The summed E-state index contributed by atoms with van der Waals surface area (Å²) in [5.74, 6) is 1.38. The molecule has 0 aliphatic heterocycles. The molecular weight excluding hydrogens is 302 g/mol. The molecule has 106 valence electrons. The lowest BCUT2D eigenvalue weighted by molar-refractivity contribution is 0.102. The minimum Gasteiger partial charge on any atom is -0.306 e. The van der Waals surface area contributed by atoms with Gasteiger partial charge in [-0.1, -0.05) is 13.0 Å². The molecule has 1 amide bonds. The third kappa shape index (κ3) is 3.06. The Kier molecular flexibility index (Phi) is 4.17. The summed E-state index contributed by atoms with van der Waals surface area (Å²) in [4.78, 5) is 22.7. The van der Waals surface area contributed by atoms with E-state index in [1.54, 1.807) is 17.8 Å². The average molecular weight is 315 g/mol. The third-order valence-electron chi connectivity index (χ3n) is 2.90. The van der Waals surface area contributed by atoms with Gasteiger partial charge in [-0.15, -0.1) is 23.1 Å². The molecule has 0 aliphatic rings. The molecule has 6 heteroatoms. The quantitative estimate of drug-likeness (QED) is 0.738. The molecule has 0 bridgehead atoms. The van der Waals surface area contributed by atoms with Crippen molar-refractivity contribution in [2.75, 3.05) is 11.1 Å². The number of amides is 1. The zero-order chi connectivity index (χ0) is 14.7. The van der Waals surface area contributed by atoms with E-state index in [1.807, 2.05) is 29.6 Å². The van der Waals surface area contributed by atoms with Gasteiger partial charge < -0.3 is 5.32 Å². The summed E-state index contributed by atoms with van der Waals surface area (Å²) in [7, 11) is 0. The summed E-state index contributed by atoms with van der Waals surface area (Å²) in [5, 5.41) is 5.67. The fourth-order valence-corrected chi connectivity index (χ4v) is 3.41. The van der Waals surface area contributed by atoms with E-state index in [2.05, 4.69) is 22.2 Å². The monoisotopic (exact) mass is 315 g/mol. The van der Waals surface area contributed by atoms with Crippen LogP contribution < -0.4 is 5.32 Å². The van der Waals surface area contributed by atoms with Crippen LogP contribution in [0.1, 0.15) is 17.3 Å². The van der Waals surface area contributed by atoms with Crippen molar-refractivity contribution in [1.29, 1.82) is 0 Å². The smallest absolute Gasteiger partial charge is 0.256 e. The second-order valence-electron chi connectivity index (χ2n) is 4.28. The van der Waals surface area contributed by atoms with Crippen LogP contribution in [0.5, 0.6) is 0 Å². The highest BCUT2D eigenvalue weighted by molar-refractivity contribution is 7.99. The molecule has 0 spiro atoms. The van der Waals surface area contributed by atoms with Crippen LogP contribution in [0.4, 0.5) is 5.82 Å². The van der Waals surface area contributed by atoms with Crippen LogP contribution in [0.25, 0.3) is 10.2 Å². The van der Waals surface area contributed by atoms with Gasteiger partial charge in [-0.2, -0.15) is 0 Å². The first-order valence-electron chi connectivity index (χ1n) is 6.50. The van der Waals surface area contributed by atoms with Gasteiger partial charge in [0, 0.05) is 10.5 Å². The first-order chi connectivity index (χ1) is 10.3. The summed E-state index contributed by atoms with van der Waals surface area (Å²) < 4.78 is 0. The molecule has 3 rings (SSSR count). The second-order valence-corrected chi connectivity index (χ2v) is 6.51. The zero-order valence-corrected chi connectivity index (χ0v) is 13.0. The number of carbonyl (C=O) groups is 1. The van der Waals surface area contributed by atoms with Gasteiger partial charge in [0.15, 0.2) is 0 Å². The number of thioether (sulfide) groups is 1. The van der Waals surface area contributed by atoms with E-state index in [4.69, 9.17) is 0 Å². The molecular formula is C15H13N3OS2. The van der Waals surface area contributed by atoms with Crippen molar-refractivity contribution >= 4 is 45.0 Å². The van der Waals surface area contributed by atoms with E-state index < -0.39 is 0 Å². The van der Waals surface area contributed by atoms with Crippen molar-refractivity contribution in [2.24, 2.45) is 0 Å². The number of hydrogen-bond acceptors (Lipinski definition) is 5. The first-order valence-corrected chi connectivity index (χ1v) is 8.37. The molecule has 21 heavy (non-hydrogen) atoms. The van der Waals surface area contributed by atoms with E-state index in [1.165, 1.54) is 17.7 Å². The highest BCUT2D eigenvalue weighted by atomic mass is 32.2. The van der Waals surface area contributed by atoms with Gasteiger partial charge in [-0.05, 0) is 35.4 Å². The minimum atomic E-state index is -0.153. The van der Waals surface area contributed by atoms with E-state index in [9.17, 15) is 4.79 Å². The van der Waals surface area contributed by atoms with Crippen LogP contribution in [0, 0.1) is 0 Å². The highest BCUT2D eigenvalue weighted by Gasteiger charge is 2.11. The topological polar surface area (TPSA) is 54.9 Å². The van der Waals surface area contributed by atoms with Crippen molar-refractivity contribution in [3.05, 3.63) is 47.6 Å². The zero-order valence-electron chi connectivity index (χ0n) is 11.4.